The van der Waals surface area contributed by atoms with Gasteiger partial charge in [-0.15, -0.1) is 0 Å². The molecule has 4 nitrogen and oxygen atoms in total. The van der Waals surface area contributed by atoms with Crippen LogP contribution in [0.2, 0.25) is 5.02 Å². The van der Waals surface area contributed by atoms with Gasteiger partial charge in [0, 0.05) is 6.04 Å². The summed E-state index contributed by atoms with van der Waals surface area (Å²) in [7, 11) is 0. The molecular formula is C16H19ClFNO3. The summed E-state index contributed by atoms with van der Waals surface area (Å²) >= 11 is 5.77. The highest BCUT2D eigenvalue weighted by atomic mass is 35.5. The van der Waals surface area contributed by atoms with Crippen LogP contribution < -0.4 is 5.32 Å². The molecule has 1 N–H and O–H groups in total. The van der Waals surface area contributed by atoms with Gasteiger partial charge in [-0.05, 0) is 30.9 Å². The quantitative estimate of drug-likeness (QED) is 0.863. The maximum absolute atomic E-state index is 13.6. The van der Waals surface area contributed by atoms with Gasteiger partial charge in [0.25, 0.3) is 5.91 Å². The van der Waals surface area contributed by atoms with E-state index in [9.17, 15) is 14.0 Å². The second-order valence-corrected chi connectivity index (χ2v) is 6.02. The van der Waals surface area contributed by atoms with Crippen LogP contribution in [0.1, 0.15) is 43.0 Å². The lowest BCUT2D eigenvalue weighted by atomic mass is 9.86. The molecule has 0 saturated heterocycles. The van der Waals surface area contributed by atoms with Gasteiger partial charge in [-0.1, -0.05) is 37.4 Å². The molecule has 22 heavy (non-hydrogen) atoms. The minimum Gasteiger partial charge on any atom is -0.452 e. The second-order valence-electron chi connectivity index (χ2n) is 5.61. The Morgan fingerprint density at radius 1 is 1.36 bits per heavy atom. The molecule has 1 aliphatic carbocycles. The first-order chi connectivity index (χ1) is 10.5. The van der Waals surface area contributed by atoms with Crippen LogP contribution in [-0.2, 0) is 9.53 Å². The lowest BCUT2D eigenvalue weighted by Crippen LogP contribution is -2.42. The van der Waals surface area contributed by atoms with Crippen LogP contribution in [0.25, 0.3) is 0 Å². The first kappa shape index (κ1) is 16.7. The van der Waals surface area contributed by atoms with Crippen LogP contribution in [0.4, 0.5) is 4.39 Å². The second kappa shape index (κ2) is 7.58. The van der Waals surface area contributed by atoms with Crippen LogP contribution in [0.15, 0.2) is 18.2 Å². The van der Waals surface area contributed by atoms with Crippen LogP contribution in [-0.4, -0.2) is 24.5 Å². The Hall–Kier alpha value is -1.62. The van der Waals surface area contributed by atoms with E-state index in [2.05, 4.69) is 12.2 Å². The van der Waals surface area contributed by atoms with Gasteiger partial charge in [0.05, 0.1) is 5.02 Å². The summed E-state index contributed by atoms with van der Waals surface area (Å²) in [4.78, 5) is 23.7. The fraction of sp³-hybridized carbons (Fsp3) is 0.500. The van der Waals surface area contributed by atoms with Gasteiger partial charge in [-0.25, -0.2) is 9.18 Å². The van der Waals surface area contributed by atoms with Crippen molar-refractivity contribution in [3.63, 3.8) is 0 Å². The molecule has 1 aromatic rings. The molecule has 120 valence electrons. The number of nitrogens with one attached hydrogen (secondary N) is 1. The van der Waals surface area contributed by atoms with E-state index >= 15 is 0 Å². The number of hydrogen-bond donors (Lipinski definition) is 1. The molecule has 0 unspecified atom stereocenters. The molecule has 1 fully saturated rings. The minimum atomic E-state index is -0.935. The van der Waals surface area contributed by atoms with Gasteiger partial charge < -0.3 is 10.1 Å². The summed E-state index contributed by atoms with van der Waals surface area (Å²) in [6.45, 7) is 1.65. The first-order valence-electron chi connectivity index (χ1n) is 7.39. The first-order valence-corrected chi connectivity index (χ1v) is 7.77. The number of esters is 1. The molecule has 2 atom stereocenters. The van der Waals surface area contributed by atoms with Crippen LogP contribution in [0.3, 0.4) is 0 Å². The van der Waals surface area contributed by atoms with Crippen molar-refractivity contribution < 1.29 is 18.7 Å². The highest BCUT2D eigenvalue weighted by Crippen LogP contribution is 2.23. The Kier molecular flexibility index (Phi) is 5.77. The van der Waals surface area contributed by atoms with E-state index in [1.54, 1.807) is 0 Å². The number of hydrogen-bond acceptors (Lipinski definition) is 3. The normalized spacial score (nSPS) is 21.2. The average molecular weight is 328 g/mol. The Morgan fingerprint density at radius 2 is 2.09 bits per heavy atom. The van der Waals surface area contributed by atoms with Gasteiger partial charge >= 0.3 is 5.97 Å². The molecule has 0 aliphatic heterocycles. The zero-order valence-electron chi connectivity index (χ0n) is 12.4. The van der Waals surface area contributed by atoms with Gasteiger partial charge in [0.2, 0.25) is 0 Å². The van der Waals surface area contributed by atoms with Crippen molar-refractivity contribution in [3.05, 3.63) is 34.6 Å². The predicted octanol–water partition coefficient (Wildman–Crippen LogP) is 3.33. The number of rotatable bonds is 4. The van der Waals surface area contributed by atoms with E-state index in [4.69, 9.17) is 16.3 Å². The van der Waals surface area contributed by atoms with Crippen molar-refractivity contribution in [1.82, 2.24) is 5.32 Å². The SMILES string of the molecule is C[C@@H]1CCCC[C@H]1NC(=O)COC(=O)c1c(F)cccc1Cl. The number of ether oxygens (including phenoxy) is 1. The fourth-order valence-electron chi connectivity index (χ4n) is 2.68. The molecule has 2 rings (SSSR count). The third kappa shape index (κ3) is 4.19. The average Bonchev–Trinajstić information content (AvgIpc) is 2.47. The number of halogens is 2. The van der Waals surface area contributed by atoms with E-state index in [1.165, 1.54) is 18.6 Å². The summed E-state index contributed by atoms with van der Waals surface area (Å²) in [5, 5.41) is 2.83. The number of carbonyl (C=O) groups excluding carboxylic acids is 2. The Balaban J connectivity index is 1.87. The van der Waals surface area contributed by atoms with Crippen molar-refractivity contribution in [2.45, 2.75) is 38.6 Å². The maximum Gasteiger partial charge on any atom is 0.343 e. The lowest BCUT2D eigenvalue weighted by molar-refractivity contribution is -0.125. The standard InChI is InChI=1S/C16H19ClFNO3/c1-10-5-2-3-8-13(10)19-14(20)9-22-16(21)15-11(17)6-4-7-12(15)18/h4,6-7,10,13H,2-3,5,8-9H2,1H3,(H,19,20)/t10-,13-/m1/s1. The zero-order chi connectivity index (χ0) is 16.1. The summed E-state index contributed by atoms with van der Waals surface area (Å²) in [6.07, 6.45) is 4.27. The van der Waals surface area contributed by atoms with E-state index in [0.29, 0.717) is 5.92 Å². The van der Waals surface area contributed by atoms with Crippen LogP contribution in [0, 0.1) is 11.7 Å². The molecule has 0 spiro atoms. The largest absolute Gasteiger partial charge is 0.452 e. The number of benzene rings is 1. The summed E-state index contributed by atoms with van der Waals surface area (Å²) in [6, 6.07) is 4.01. The summed E-state index contributed by atoms with van der Waals surface area (Å²) in [5.41, 5.74) is -0.344. The molecule has 1 aliphatic rings. The predicted molar refractivity (Wildman–Crippen MR) is 81.3 cm³/mol. The topological polar surface area (TPSA) is 55.4 Å². The monoisotopic (exact) mass is 327 g/mol. The Morgan fingerprint density at radius 3 is 2.77 bits per heavy atom. The molecule has 0 radical (unpaired) electrons. The lowest BCUT2D eigenvalue weighted by Gasteiger charge is -2.29. The van der Waals surface area contributed by atoms with Gasteiger partial charge in [0.15, 0.2) is 6.61 Å². The molecule has 1 saturated carbocycles. The van der Waals surface area contributed by atoms with E-state index in [1.807, 2.05) is 0 Å². The minimum absolute atomic E-state index is 0.0358. The van der Waals surface area contributed by atoms with Crippen molar-refractivity contribution in [2.75, 3.05) is 6.61 Å². The molecule has 1 aromatic carbocycles. The van der Waals surface area contributed by atoms with Crippen LogP contribution >= 0.6 is 11.6 Å². The van der Waals surface area contributed by atoms with Crippen molar-refractivity contribution in [3.8, 4) is 0 Å². The highest BCUT2D eigenvalue weighted by molar-refractivity contribution is 6.33. The van der Waals surface area contributed by atoms with Gasteiger partial charge in [0.1, 0.15) is 11.4 Å². The molecule has 1 amide bonds. The number of carbonyl (C=O) groups is 2. The van der Waals surface area contributed by atoms with Crippen molar-refractivity contribution in [1.29, 1.82) is 0 Å². The fourth-order valence-corrected chi connectivity index (χ4v) is 2.92. The van der Waals surface area contributed by atoms with Gasteiger partial charge in [-0.2, -0.15) is 0 Å². The van der Waals surface area contributed by atoms with Crippen molar-refractivity contribution in [2.24, 2.45) is 5.92 Å². The zero-order valence-corrected chi connectivity index (χ0v) is 13.2. The summed E-state index contributed by atoms with van der Waals surface area (Å²) < 4.78 is 18.4. The summed E-state index contributed by atoms with van der Waals surface area (Å²) in [5.74, 6) is -1.66. The molecule has 0 aromatic heterocycles. The molecular weight excluding hydrogens is 309 g/mol. The van der Waals surface area contributed by atoms with E-state index < -0.39 is 18.4 Å². The molecule has 6 heteroatoms. The number of amides is 1. The molecule has 0 heterocycles. The van der Waals surface area contributed by atoms with E-state index in [0.717, 1.165) is 25.3 Å². The van der Waals surface area contributed by atoms with Gasteiger partial charge in [-0.3, -0.25) is 4.79 Å². The highest BCUT2D eigenvalue weighted by Gasteiger charge is 2.24. The van der Waals surface area contributed by atoms with Crippen molar-refractivity contribution >= 4 is 23.5 Å². The third-order valence-electron chi connectivity index (χ3n) is 3.96. The Labute approximate surface area is 134 Å². The smallest absolute Gasteiger partial charge is 0.343 e. The maximum atomic E-state index is 13.6. The third-order valence-corrected chi connectivity index (χ3v) is 4.27. The van der Waals surface area contributed by atoms with Crippen LogP contribution in [0.5, 0.6) is 0 Å². The Bertz CT molecular complexity index is 544. The molecule has 0 bridgehead atoms. The van der Waals surface area contributed by atoms with E-state index in [-0.39, 0.29) is 22.5 Å².